The van der Waals surface area contributed by atoms with Crippen LogP contribution in [0.2, 0.25) is 0 Å². The molecule has 0 unspecified atom stereocenters. The minimum absolute atomic E-state index is 0.198. The first-order valence-corrected chi connectivity index (χ1v) is 6.06. The van der Waals surface area contributed by atoms with Crippen LogP contribution < -0.4 is 5.32 Å². The summed E-state index contributed by atoms with van der Waals surface area (Å²) in [5.74, 6) is 1.09. The first-order chi connectivity index (χ1) is 8.60. The van der Waals surface area contributed by atoms with Gasteiger partial charge in [-0.1, -0.05) is 11.3 Å². The number of hydrogen-bond donors (Lipinski definition) is 2. The SMILES string of the molecule is CNc1nnc(C(=O)N(C)Cc2n[nH]c(C)n2)s1. The van der Waals surface area contributed by atoms with Gasteiger partial charge in [0.25, 0.3) is 5.91 Å². The van der Waals surface area contributed by atoms with E-state index in [9.17, 15) is 4.79 Å². The fourth-order valence-corrected chi connectivity index (χ4v) is 2.01. The van der Waals surface area contributed by atoms with Crippen molar-refractivity contribution in [1.82, 2.24) is 30.3 Å². The minimum atomic E-state index is -0.198. The van der Waals surface area contributed by atoms with Crippen molar-refractivity contribution in [3.05, 3.63) is 16.7 Å². The summed E-state index contributed by atoms with van der Waals surface area (Å²) in [6, 6.07) is 0. The Morgan fingerprint density at radius 1 is 1.50 bits per heavy atom. The summed E-state index contributed by atoms with van der Waals surface area (Å²) in [6.45, 7) is 2.14. The molecule has 8 nitrogen and oxygen atoms in total. The summed E-state index contributed by atoms with van der Waals surface area (Å²) >= 11 is 1.21. The minimum Gasteiger partial charge on any atom is -0.363 e. The van der Waals surface area contributed by atoms with Gasteiger partial charge >= 0.3 is 0 Å². The van der Waals surface area contributed by atoms with Crippen LogP contribution in [0.3, 0.4) is 0 Å². The number of carbonyl (C=O) groups is 1. The van der Waals surface area contributed by atoms with Crippen LogP contribution >= 0.6 is 11.3 Å². The largest absolute Gasteiger partial charge is 0.363 e. The van der Waals surface area contributed by atoms with Gasteiger partial charge in [0, 0.05) is 14.1 Å². The van der Waals surface area contributed by atoms with Gasteiger partial charge in [-0.2, -0.15) is 5.10 Å². The Morgan fingerprint density at radius 2 is 2.28 bits per heavy atom. The number of aromatic nitrogens is 5. The van der Waals surface area contributed by atoms with Gasteiger partial charge in [0.2, 0.25) is 10.1 Å². The molecule has 0 spiro atoms. The third-order valence-electron chi connectivity index (χ3n) is 2.19. The predicted octanol–water partition coefficient (Wildman–Crippen LogP) is 0.279. The Morgan fingerprint density at radius 3 is 2.83 bits per heavy atom. The molecule has 0 saturated carbocycles. The van der Waals surface area contributed by atoms with Gasteiger partial charge in [0.15, 0.2) is 5.82 Å². The van der Waals surface area contributed by atoms with Crippen LogP contribution in [0.4, 0.5) is 5.13 Å². The molecule has 9 heteroatoms. The van der Waals surface area contributed by atoms with Gasteiger partial charge < -0.3 is 10.2 Å². The highest BCUT2D eigenvalue weighted by Gasteiger charge is 2.18. The van der Waals surface area contributed by atoms with Crippen molar-refractivity contribution < 1.29 is 4.79 Å². The van der Waals surface area contributed by atoms with E-state index in [1.807, 2.05) is 6.92 Å². The molecule has 96 valence electrons. The normalized spacial score (nSPS) is 10.4. The third kappa shape index (κ3) is 2.62. The monoisotopic (exact) mass is 267 g/mol. The lowest BCUT2D eigenvalue weighted by Crippen LogP contribution is -2.26. The number of anilines is 1. The Balaban J connectivity index is 2.04. The molecular formula is C9H13N7OS. The molecule has 2 N–H and O–H groups in total. The molecule has 2 heterocycles. The number of rotatable bonds is 4. The molecule has 2 rings (SSSR count). The summed E-state index contributed by atoms with van der Waals surface area (Å²) in [4.78, 5) is 17.7. The zero-order valence-electron chi connectivity index (χ0n) is 10.3. The van der Waals surface area contributed by atoms with Gasteiger partial charge in [-0.3, -0.25) is 9.89 Å². The van der Waals surface area contributed by atoms with Crippen molar-refractivity contribution in [3.8, 4) is 0 Å². The van der Waals surface area contributed by atoms with E-state index in [1.165, 1.54) is 16.2 Å². The van der Waals surface area contributed by atoms with Crippen LogP contribution in [-0.4, -0.2) is 50.3 Å². The average molecular weight is 267 g/mol. The molecule has 0 fully saturated rings. The number of nitrogens with zero attached hydrogens (tertiary/aromatic N) is 5. The van der Waals surface area contributed by atoms with Crippen molar-refractivity contribution in [2.45, 2.75) is 13.5 Å². The van der Waals surface area contributed by atoms with Crippen molar-refractivity contribution in [2.24, 2.45) is 0 Å². The van der Waals surface area contributed by atoms with Crippen molar-refractivity contribution in [2.75, 3.05) is 19.4 Å². The molecule has 18 heavy (non-hydrogen) atoms. The zero-order valence-corrected chi connectivity index (χ0v) is 11.1. The van der Waals surface area contributed by atoms with Gasteiger partial charge in [-0.15, -0.1) is 10.2 Å². The van der Waals surface area contributed by atoms with E-state index in [0.29, 0.717) is 22.5 Å². The molecule has 0 aliphatic carbocycles. The summed E-state index contributed by atoms with van der Waals surface area (Å²) in [5.41, 5.74) is 0. The number of amides is 1. The van der Waals surface area contributed by atoms with E-state index in [4.69, 9.17) is 0 Å². The van der Waals surface area contributed by atoms with Crippen molar-refractivity contribution in [1.29, 1.82) is 0 Å². The van der Waals surface area contributed by atoms with Crippen LogP contribution in [0.25, 0.3) is 0 Å². The highest BCUT2D eigenvalue weighted by molar-refractivity contribution is 7.17. The Bertz CT molecular complexity index is 549. The number of H-pyrrole nitrogens is 1. The third-order valence-corrected chi connectivity index (χ3v) is 3.12. The summed E-state index contributed by atoms with van der Waals surface area (Å²) in [5, 5.41) is 18.1. The first-order valence-electron chi connectivity index (χ1n) is 5.24. The van der Waals surface area contributed by atoms with E-state index in [1.54, 1.807) is 14.1 Å². The number of carbonyl (C=O) groups excluding carboxylic acids is 1. The second kappa shape index (κ2) is 5.08. The highest BCUT2D eigenvalue weighted by Crippen LogP contribution is 2.16. The van der Waals surface area contributed by atoms with E-state index >= 15 is 0 Å². The van der Waals surface area contributed by atoms with Gasteiger partial charge in [-0.25, -0.2) is 4.98 Å². The lowest BCUT2D eigenvalue weighted by atomic mass is 10.5. The molecule has 0 radical (unpaired) electrons. The molecular weight excluding hydrogens is 254 g/mol. The molecule has 0 saturated heterocycles. The van der Waals surface area contributed by atoms with Crippen LogP contribution in [0.1, 0.15) is 21.5 Å². The van der Waals surface area contributed by atoms with Gasteiger partial charge in [-0.05, 0) is 6.92 Å². The maximum Gasteiger partial charge on any atom is 0.285 e. The summed E-state index contributed by atoms with van der Waals surface area (Å²) in [7, 11) is 3.41. The van der Waals surface area contributed by atoms with E-state index in [-0.39, 0.29) is 5.91 Å². The smallest absolute Gasteiger partial charge is 0.285 e. The molecule has 2 aromatic heterocycles. The number of aryl methyl sites for hydroxylation is 1. The summed E-state index contributed by atoms with van der Waals surface area (Å²) < 4.78 is 0. The van der Waals surface area contributed by atoms with Crippen molar-refractivity contribution in [3.63, 3.8) is 0 Å². The maximum atomic E-state index is 12.0. The first kappa shape index (κ1) is 12.4. The highest BCUT2D eigenvalue weighted by atomic mass is 32.1. The number of nitrogens with one attached hydrogen (secondary N) is 2. The van der Waals surface area contributed by atoms with E-state index in [0.717, 1.165) is 5.82 Å². The van der Waals surface area contributed by atoms with Crippen LogP contribution in [0, 0.1) is 6.92 Å². The zero-order chi connectivity index (χ0) is 13.1. The number of hydrogen-bond acceptors (Lipinski definition) is 7. The van der Waals surface area contributed by atoms with E-state index in [2.05, 4.69) is 30.7 Å². The van der Waals surface area contributed by atoms with Crippen molar-refractivity contribution >= 4 is 22.4 Å². The number of aromatic amines is 1. The second-order valence-corrected chi connectivity index (χ2v) is 4.64. The van der Waals surface area contributed by atoms with Gasteiger partial charge in [0.05, 0.1) is 6.54 Å². The van der Waals surface area contributed by atoms with Crippen LogP contribution in [0.5, 0.6) is 0 Å². The lowest BCUT2D eigenvalue weighted by Gasteiger charge is -2.12. The second-order valence-electron chi connectivity index (χ2n) is 3.66. The predicted molar refractivity (Wildman–Crippen MR) is 66.4 cm³/mol. The average Bonchev–Trinajstić information content (AvgIpc) is 2.97. The standard InChI is InChI=1S/C9H13N7OS/c1-5-11-6(13-12-5)4-16(3)8(17)7-14-15-9(10-2)18-7/h4H2,1-3H3,(H,10,15)(H,11,12,13). The molecule has 1 amide bonds. The topological polar surface area (TPSA) is 99.7 Å². The van der Waals surface area contributed by atoms with Crippen LogP contribution in [0.15, 0.2) is 0 Å². The molecule has 0 bridgehead atoms. The molecule has 0 aromatic carbocycles. The maximum absolute atomic E-state index is 12.0. The fourth-order valence-electron chi connectivity index (χ4n) is 1.32. The Kier molecular flexibility index (Phi) is 3.51. The van der Waals surface area contributed by atoms with Crippen LogP contribution in [-0.2, 0) is 6.54 Å². The molecule has 0 atom stereocenters. The van der Waals surface area contributed by atoms with E-state index < -0.39 is 0 Å². The Hall–Kier alpha value is -2.03. The molecule has 0 aliphatic heterocycles. The fraction of sp³-hybridized carbons (Fsp3) is 0.444. The lowest BCUT2D eigenvalue weighted by molar-refractivity contribution is 0.0780. The molecule has 0 aliphatic rings. The summed E-state index contributed by atoms with van der Waals surface area (Å²) in [6.07, 6.45) is 0. The molecule has 2 aromatic rings. The quantitative estimate of drug-likeness (QED) is 0.825. The Labute approximate surface area is 107 Å². The van der Waals surface area contributed by atoms with Gasteiger partial charge in [0.1, 0.15) is 5.82 Å².